The molecule has 1 aromatic rings. The summed E-state index contributed by atoms with van der Waals surface area (Å²) in [7, 11) is 1.93. The fourth-order valence-corrected chi connectivity index (χ4v) is 5.44. The van der Waals surface area contributed by atoms with Crippen molar-refractivity contribution in [1.82, 2.24) is 15.1 Å². The molecule has 222 valence electrons. The zero-order valence-electron chi connectivity index (χ0n) is 26.7. The summed E-state index contributed by atoms with van der Waals surface area (Å²) in [5.74, 6) is 4.18. The van der Waals surface area contributed by atoms with Crippen molar-refractivity contribution in [3.63, 3.8) is 0 Å². The molecular weight excluding hydrogens is 478 g/mol. The van der Waals surface area contributed by atoms with Crippen LogP contribution in [0.25, 0.3) is 0 Å². The van der Waals surface area contributed by atoms with Crippen LogP contribution >= 0.6 is 0 Å². The maximum Gasteiger partial charge on any atom is 0.105 e. The first-order valence-electron chi connectivity index (χ1n) is 15.5. The number of hydrogen-bond acceptors (Lipinski definition) is 4. The largest absolute Gasteiger partial charge is 0.318 e. The number of rotatable bonds is 9. The number of piperidine rings is 1. The van der Waals surface area contributed by atoms with Gasteiger partial charge in [-0.3, -0.25) is 10.8 Å². The molecule has 1 saturated carbocycles. The lowest BCUT2D eigenvalue weighted by Crippen LogP contribution is -2.56. The smallest absolute Gasteiger partial charge is 0.105 e. The van der Waals surface area contributed by atoms with Crippen molar-refractivity contribution in [2.24, 2.45) is 11.3 Å². The molecule has 1 unspecified atom stereocenters. The first-order chi connectivity index (χ1) is 18.7. The Hall–Kier alpha value is -2.16. The van der Waals surface area contributed by atoms with Gasteiger partial charge in [0, 0.05) is 31.5 Å². The molecule has 1 atom stereocenters. The van der Waals surface area contributed by atoms with Crippen LogP contribution in [0.1, 0.15) is 105 Å². The Morgan fingerprint density at radius 2 is 1.77 bits per heavy atom. The first-order valence-corrected chi connectivity index (χ1v) is 15.5. The number of nitrogens with zero attached hydrogens (tertiary/aromatic N) is 2. The van der Waals surface area contributed by atoms with Crippen LogP contribution in [0, 0.1) is 41.4 Å². The number of aryl methyl sites for hydroxylation is 1. The van der Waals surface area contributed by atoms with E-state index >= 15 is 0 Å². The van der Waals surface area contributed by atoms with E-state index in [4.69, 9.17) is 17.2 Å². The number of unbranched alkanes of at least 4 members (excludes halogenated alkanes) is 3. The third kappa shape index (κ3) is 14.2. The third-order valence-corrected chi connectivity index (χ3v) is 7.53. The highest BCUT2D eigenvalue weighted by molar-refractivity contribution is 5.98. The number of nitrogens with one attached hydrogen (secondary N) is 3. The molecular formula is C34H61N5. The lowest BCUT2D eigenvalue weighted by atomic mass is 9.58. The first kappa shape index (κ1) is 36.8. The summed E-state index contributed by atoms with van der Waals surface area (Å²) in [6.07, 6.45) is 16.0. The fraction of sp³-hybridized carbons (Fsp3) is 0.706. The number of likely N-dealkylation sites (N-methyl/N-ethyl adjacent to an activating group) is 1. The number of terminal acetylenes is 1. The van der Waals surface area contributed by atoms with Gasteiger partial charge in [0.15, 0.2) is 0 Å². The minimum Gasteiger partial charge on any atom is -0.318 e. The summed E-state index contributed by atoms with van der Waals surface area (Å²) in [5.41, 5.74) is 1.73. The highest BCUT2D eigenvalue weighted by atomic mass is 15.2. The van der Waals surface area contributed by atoms with Gasteiger partial charge in [-0.2, -0.15) is 0 Å². The predicted octanol–water partition coefficient (Wildman–Crippen LogP) is 7.99. The van der Waals surface area contributed by atoms with E-state index in [1.165, 1.54) is 50.8 Å². The number of likely N-dealkylation sites (tertiary alicyclic amines) is 1. The van der Waals surface area contributed by atoms with Gasteiger partial charge in [-0.05, 0) is 84.8 Å². The molecule has 3 rings (SSSR count). The van der Waals surface area contributed by atoms with Gasteiger partial charge in [-0.15, -0.1) is 12.3 Å². The number of amidine groups is 2. The minimum atomic E-state index is 0.153. The van der Waals surface area contributed by atoms with Crippen molar-refractivity contribution in [2.75, 3.05) is 33.2 Å². The number of hydrogen-bond donors (Lipinski definition) is 3. The Morgan fingerprint density at radius 1 is 1.15 bits per heavy atom. The third-order valence-electron chi connectivity index (χ3n) is 7.53. The molecule has 5 nitrogen and oxygen atoms in total. The van der Waals surface area contributed by atoms with Gasteiger partial charge in [0.2, 0.25) is 0 Å². The molecule has 2 fully saturated rings. The summed E-state index contributed by atoms with van der Waals surface area (Å²) in [6, 6.07) is 10.4. The molecule has 1 heterocycles. The quantitative estimate of drug-likeness (QED) is 0.129. The van der Waals surface area contributed by atoms with E-state index in [9.17, 15) is 0 Å². The molecule has 1 saturated heterocycles. The molecule has 1 aromatic carbocycles. The molecule has 0 amide bonds. The summed E-state index contributed by atoms with van der Waals surface area (Å²) in [6.45, 7) is 18.7. The van der Waals surface area contributed by atoms with E-state index in [0.717, 1.165) is 38.8 Å². The van der Waals surface area contributed by atoms with Crippen molar-refractivity contribution in [1.29, 1.82) is 10.8 Å². The highest BCUT2D eigenvalue weighted by Gasteiger charge is 2.49. The second-order valence-electron chi connectivity index (χ2n) is 11.0. The minimum absolute atomic E-state index is 0.153. The molecule has 3 N–H and O–H groups in total. The van der Waals surface area contributed by atoms with Crippen molar-refractivity contribution in [2.45, 2.75) is 112 Å². The zero-order valence-corrected chi connectivity index (χ0v) is 26.7. The topological polar surface area (TPSA) is 66.2 Å². The van der Waals surface area contributed by atoms with Crippen LogP contribution in [-0.2, 0) is 0 Å². The predicted molar refractivity (Wildman–Crippen MR) is 173 cm³/mol. The molecule has 39 heavy (non-hydrogen) atoms. The van der Waals surface area contributed by atoms with Crippen LogP contribution in [0.2, 0.25) is 0 Å². The standard InChI is InChI=1S/C21H37N5.C7H8.C4H10.C2H6/c1-5-6-7-8-11-25-12-9-10-21(16-25)13-19(14-21)20(23)26(18(3)22)17(2)15-24-4;1-7-5-3-2-4-6-7;1-3-4-2;1-2/h1,17,19,22-24H,6-16H2,2-4H3;2-6H,1H3;3-4H2,1-2H3;1-2H3. The average Bonchev–Trinajstić information content (AvgIpc) is 2.92. The second-order valence-corrected chi connectivity index (χ2v) is 11.0. The summed E-state index contributed by atoms with van der Waals surface area (Å²) in [4.78, 5) is 4.53. The Morgan fingerprint density at radius 3 is 2.23 bits per heavy atom. The van der Waals surface area contributed by atoms with Gasteiger partial charge in [0.25, 0.3) is 0 Å². The second kappa shape index (κ2) is 21.6. The summed E-state index contributed by atoms with van der Waals surface area (Å²) >= 11 is 0. The maximum atomic E-state index is 8.68. The van der Waals surface area contributed by atoms with Crippen LogP contribution in [0.15, 0.2) is 30.3 Å². The molecule has 1 aliphatic heterocycles. The van der Waals surface area contributed by atoms with Crippen LogP contribution < -0.4 is 5.32 Å². The maximum absolute atomic E-state index is 8.68. The zero-order chi connectivity index (χ0) is 29.7. The Labute approximate surface area is 242 Å². The van der Waals surface area contributed by atoms with Crippen molar-refractivity contribution < 1.29 is 0 Å². The van der Waals surface area contributed by atoms with E-state index < -0.39 is 0 Å². The van der Waals surface area contributed by atoms with Crippen LogP contribution in [0.5, 0.6) is 0 Å². The fourth-order valence-electron chi connectivity index (χ4n) is 5.44. The van der Waals surface area contributed by atoms with Gasteiger partial charge in [0.05, 0.1) is 5.84 Å². The van der Waals surface area contributed by atoms with Crippen LogP contribution in [-0.4, -0.2) is 60.7 Å². The normalized spacial score (nSPS) is 20.3. The average molecular weight is 540 g/mol. The molecule has 5 heteroatoms. The van der Waals surface area contributed by atoms with Gasteiger partial charge in [0.1, 0.15) is 5.84 Å². The monoisotopic (exact) mass is 539 g/mol. The molecule has 0 bridgehead atoms. The summed E-state index contributed by atoms with van der Waals surface area (Å²) in [5, 5.41) is 19.9. The van der Waals surface area contributed by atoms with Crippen molar-refractivity contribution in [3.05, 3.63) is 35.9 Å². The lowest BCUT2D eigenvalue weighted by Gasteiger charge is -2.54. The SMILES string of the molecule is C#CCCCCN1CCCC2(CC(C(=N)N(C(C)=N)C(C)CNC)C2)C1.CC.CCCC.Cc1ccccc1. The lowest BCUT2D eigenvalue weighted by molar-refractivity contribution is -0.00427. The highest BCUT2D eigenvalue weighted by Crippen LogP contribution is 2.52. The molecule has 0 aromatic heterocycles. The Kier molecular flexibility index (Phi) is 20.4. The van der Waals surface area contributed by atoms with Gasteiger partial charge >= 0.3 is 0 Å². The molecule has 1 aliphatic carbocycles. The molecule has 1 spiro atoms. The van der Waals surface area contributed by atoms with E-state index in [2.05, 4.69) is 56.0 Å². The van der Waals surface area contributed by atoms with Crippen LogP contribution in [0.4, 0.5) is 0 Å². The van der Waals surface area contributed by atoms with E-state index in [1.54, 1.807) is 6.92 Å². The van der Waals surface area contributed by atoms with Crippen LogP contribution in [0.3, 0.4) is 0 Å². The van der Waals surface area contributed by atoms with E-state index in [0.29, 0.717) is 23.0 Å². The van der Waals surface area contributed by atoms with Crippen molar-refractivity contribution >= 4 is 11.7 Å². The van der Waals surface area contributed by atoms with Gasteiger partial charge in [-0.25, -0.2) is 0 Å². The summed E-state index contributed by atoms with van der Waals surface area (Å²) < 4.78 is 0. The Balaban J connectivity index is 0.000000915. The Bertz CT molecular complexity index is 805. The van der Waals surface area contributed by atoms with Crippen molar-refractivity contribution in [3.8, 4) is 12.3 Å². The number of benzene rings is 1. The molecule has 2 aliphatic rings. The van der Waals surface area contributed by atoms with E-state index in [-0.39, 0.29) is 6.04 Å². The molecule has 0 radical (unpaired) electrons. The van der Waals surface area contributed by atoms with Gasteiger partial charge in [-0.1, -0.05) is 76.4 Å². The van der Waals surface area contributed by atoms with E-state index in [1.807, 2.05) is 44.0 Å². The van der Waals surface area contributed by atoms with Gasteiger partial charge < -0.3 is 15.1 Å².